The molecule has 2 heterocycles. The van der Waals surface area contributed by atoms with Crippen LogP contribution >= 0.6 is 0 Å². The van der Waals surface area contributed by atoms with Gasteiger partial charge in [0.25, 0.3) is 0 Å². The second-order valence-electron chi connectivity index (χ2n) is 8.88. The van der Waals surface area contributed by atoms with Crippen LogP contribution < -0.4 is 0 Å². The molecule has 0 saturated carbocycles. The zero-order valence-corrected chi connectivity index (χ0v) is 17.0. The topological polar surface area (TPSA) is 18.5 Å². The molecule has 0 spiro atoms. The number of benzene rings is 2. The Labute approximate surface area is 163 Å². The standard InChI is InChI=1S/C25H32O2/c1-4-24(15-26-16-24)13-20-6-8-21(9-7-20)22-10-11-23(19(3)12-22)14-25(5-2)17-27-18-25/h6-12H,4-5,13-18H2,1-3H3. The first-order chi connectivity index (χ1) is 13.1. The number of rotatable bonds is 7. The van der Waals surface area contributed by atoms with Gasteiger partial charge in [-0.3, -0.25) is 0 Å². The fourth-order valence-electron chi connectivity index (χ4n) is 4.37. The summed E-state index contributed by atoms with van der Waals surface area (Å²) in [6.07, 6.45) is 4.65. The highest BCUT2D eigenvalue weighted by atomic mass is 16.5. The van der Waals surface area contributed by atoms with Gasteiger partial charge >= 0.3 is 0 Å². The van der Waals surface area contributed by atoms with Crippen molar-refractivity contribution in [3.05, 3.63) is 59.2 Å². The van der Waals surface area contributed by atoms with Gasteiger partial charge in [0.1, 0.15) is 0 Å². The van der Waals surface area contributed by atoms with Crippen LogP contribution in [0.5, 0.6) is 0 Å². The van der Waals surface area contributed by atoms with Crippen LogP contribution in [0.4, 0.5) is 0 Å². The summed E-state index contributed by atoms with van der Waals surface area (Å²) >= 11 is 0. The summed E-state index contributed by atoms with van der Waals surface area (Å²) < 4.78 is 11.0. The molecule has 0 amide bonds. The third kappa shape index (κ3) is 3.70. The molecular weight excluding hydrogens is 332 g/mol. The lowest BCUT2D eigenvalue weighted by atomic mass is 9.76. The molecule has 0 N–H and O–H groups in total. The molecule has 27 heavy (non-hydrogen) atoms. The van der Waals surface area contributed by atoms with E-state index in [0.29, 0.717) is 10.8 Å². The maximum atomic E-state index is 5.49. The molecule has 2 aliphatic heterocycles. The minimum Gasteiger partial charge on any atom is -0.380 e. The first kappa shape index (κ1) is 18.7. The van der Waals surface area contributed by atoms with Crippen molar-refractivity contribution in [2.75, 3.05) is 26.4 Å². The average Bonchev–Trinajstić information content (AvgIpc) is 2.63. The van der Waals surface area contributed by atoms with Gasteiger partial charge < -0.3 is 9.47 Å². The molecule has 144 valence electrons. The molecule has 4 rings (SSSR count). The highest BCUT2D eigenvalue weighted by Crippen LogP contribution is 2.37. The molecule has 2 aromatic carbocycles. The Hall–Kier alpha value is -1.64. The summed E-state index contributed by atoms with van der Waals surface area (Å²) in [6, 6.07) is 16.1. The van der Waals surface area contributed by atoms with Crippen molar-refractivity contribution in [3.8, 4) is 11.1 Å². The Kier molecular flexibility index (Phi) is 5.13. The van der Waals surface area contributed by atoms with Gasteiger partial charge in [0.05, 0.1) is 26.4 Å². The van der Waals surface area contributed by atoms with E-state index in [-0.39, 0.29) is 0 Å². The molecule has 0 aliphatic carbocycles. The Morgan fingerprint density at radius 3 is 1.78 bits per heavy atom. The molecule has 0 bridgehead atoms. The largest absolute Gasteiger partial charge is 0.380 e. The Bertz CT molecular complexity index is 771. The summed E-state index contributed by atoms with van der Waals surface area (Å²) in [4.78, 5) is 0. The van der Waals surface area contributed by atoms with Gasteiger partial charge in [-0.25, -0.2) is 0 Å². The number of hydrogen-bond donors (Lipinski definition) is 0. The van der Waals surface area contributed by atoms with Crippen LogP contribution in [0.1, 0.15) is 43.4 Å². The van der Waals surface area contributed by atoms with E-state index in [2.05, 4.69) is 63.2 Å². The van der Waals surface area contributed by atoms with Crippen LogP contribution in [-0.2, 0) is 22.3 Å². The average molecular weight is 365 g/mol. The summed E-state index contributed by atoms with van der Waals surface area (Å²) in [5.74, 6) is 0. The van der Waals surface area contributed by atoms with Crippen LogP contribution in [0.2, 0.25) is 0 Å². The lowest BCUT2D eigenvalue weighted by Gasteiger charge is -2.41. The second-order valence-corrected chi connectivity index (χ2v) is 8.88. The molecule has 0 radical (unpaired) electrons. The van der Waals surface area contributed by atoms with Gasteiger partial charge in [-0.2, -0.15) is 0 Å². The molecule has 2 heteroatoms. The molecule has 0 aromatic heterocycles. The number of aryl methyl sites for hydroxylation is 1. The second kappa shape index (κ2) is 7.41. The normalized spacial score (nSPS) is 20.0. The minimum absolute atomic E-state index is 0.369. The number of hydrogen-bond acceptors (Lipinski definition) is 2. The molecule has 2 nitrogen and oxygen atoms in total. The van der Waals surface area contributed by atoms with E-state index in [1.54, 1.807) is 0 Å². The van der Waals surface area contributed by atoms with Crippen LogP contribution in [0, 0.1) is 17.8 Å². The highest BCUT2D eigenvalue weighted by Gasteiger charge is 2.37. The van der Waals surface area contributed by atoms with Gasteiger partial charge in [-0.1, -0.05) is 56.3 Å². The van der Waals surface area contributed by atoms with Gasteiger partial charge in [0, 0.05) is 10.8 Å². The highest BCUT2D eigenvalue weighted by molar-refractivity contribution is 5.65. The third-order valence-electron chi connectivity index (χ3n) is 6.91. The van der Waals surface area contributed by atoms with Crippen molar-refractivity contribution in [2.24, 2.45) is 10.8 Å². The minimum atomic E-state index is 0.369. The van der Waals surface area contributed by atoms with E-state index in [9.17, 15) is 0 Å². The molecule has 2 saturated heterocycles. The summed E-state index contributed by atoms with van der Waals surface area (Å²) in [5.41, 5.74) is 7.65. The maximum Gasteiger partial charge on any atom is 0.0547 e. The predicted molar refractivity (Wildman–Crippen MR) is 111 cm³/mol. The van der Waals surface area contributed by atoms with Crippen molar-refractivity contribution < 1.29 is 9.47 Å². The Balaban J connectivity index is 1.47. The quantitative estimate of drug-likeness (QED) is 0.636. The van der Waals surface area contributed by atoms with Crippen LogP contribution in [-0.4, -0.2) is 26.4 Å². The van der Waals surface area contributed by atoms with Crippen molar-refractivity contribution in [1.29, 1.82) is 0 Å². The number of ether oxygens (including phenoxy) is 2. The zero-order valence-electron chi connectivity index (χ0n) is 17.0. The van der Waals surface area contributed by atoms with Crippen LogP contribution in [0.15, 0.2) is 42.5 Å². The predicted octanol–water partition coefficient (Wildman–Crippen LogP) is 5.60. The van der Waals surface area contributed by atoms with E-state index in [1.807, 2.05) is 0 Å². The summed E-state index contributed by atoms with van der Waals surface area (Å²) in [7, 11) is 0. The van der Waals surface area contributed by atoms with E-state index < -0.39 is 0 Å². The molecule has 0 unspecified atom stereocenters. The van der Waals surface area contributed by atoms with E-state index >= 15 is 0 Å². The van der Waals surface area contributed by atoms with Crippen LogP contribution in [0.3, 0.4) is 0 Å². The van der Waals surface area contributed by atoms with Crippen molar-refractivity contribution >= 4 is 0 Å². The SMILES string of the molecule is CCC1(Cc2ccc(-c3ccc(CC4(CC)COC4)c(C)c3)cc2)COC1. The van der Waals surface area contributed by atoms with E-state index in [0.717, 1.165) is 39.3 Å². The molecule has 0 atom stereocenters. The van der Waals surface area contributed by atoms with Crippen molar-refractivity contribution in [2.45, 2.75) is 46.5 Å². The summed E-state index contributed by atoms with van der Waals surface area (Å²) in [5, 5.41) is 0. The van der Waals surface area contributed by atoms with Gasteiger partial charge in [-0.05, 0) is 60.4 Å². The van der Waals surface area contributed by atoms with Crippen molar-refractivity contribution in [1.82, 2.24) is 0 Å². The Morgan fingerprint density at radius 2 is 1.30 bits per heavy atom. The lowest BCUT2D eigenvalue weighted by molar-refractivity contribution is -0.114. The molecular formula is C25H32O2. The molecule has 2 fully saturated rings. The first-order valence-electron chi connectivity index (χ1n) is 10.4. The maximum absolute atomic E-state index is 5.49. The lowest BCUT2D eigenvalue weighted by Crippen LogP contribution is -2.43. The monoisotopic (exact) mass is 364 g/mol. The van der Waals surface area contributed by atoms with Gasteiger partial charge in [0.2, 0.25) is 0 Å². The van der Waals surface area contributed by atoms with Gasteiger partial charge in [-0.15, -0.1) is 0 Å². The van der Waals surface area contributed by atoms with Gasteiger partial charge in [0.15, 0.2) is 0 Å². The fourth-order valence-corrected chi connectivity index (χ4v) is 4.37. The smallest absolute Gasteiger partial charge is 0.0547 e. The molecule has 2 aromatic rings. The van der Waals surface area contributed by atoms with Crippen molar-refractivity contribution in [3.63, 3.8) is 0 Å². The summed E-state index contributed by atoms with van der Waals surface area (Å²) in [6.45, 7) is 10.5. The fraction of sp³-hybridized carbons (Fsp3) is 0.520. The first-order valence-corrected chi connectivity index (χ1v) is 10.4. The molecule has 2 aliphatic rings. The third-order valence-corrected chi connectivity index (χ3v) is 6.91. The Morgan fingerprint density at radius 1 is 0.741 bits per heavy atom. The van der Waals surface area contributed by atoms with E-state index in [4.69, 9.17) is 9.47 Å². The van der Waals surface area contributed by atoms with Crippen LogP contribution in [0.25, 0.3) is 11.1 Å². The zero-order chi connectivity index (χ0) is 18.9. The van der Waals surface area contributed by atoms with E-state index in [1.165, 1.54) is 40.7 Å².